The third kappa shape index (κ3) is 3.96. The summed E-state index contributed by atoms with van der Waals surface area (Å²) in [6.07, 6.45) is 0. The molecule has 0 saturated heterocycles. The molecule has 10 heteroatoms. The lowest BCUT2D eigenvalue weighted by Gasteiger charge is -2.22. The molecule has 1 N–H and O–H groups in total. The Hall–Kier alpha value is -3.46. The largest absolute Gasteiger partial charge is 0.488 e. The van der Waals surface area contributed by atoms with Crippen LogP contribution in [0, 0.1) is 11.6 Å². The van der Waals surface area contributed by atoms with Gasteiger partial charge in [0.25, 0.3) is 5.91 Å². The molecular formula is C21H16ClF2N3O4. The van der Waals surface area contributed by atoms with Gasteiger partial charge in [-0.2, -0.15) is 5.10 Å². The Balaban J connectivity index is 1.74. The summed E-state index contributed by atoms with van der Waals surface area (Å²) in [6, 6.07) is 7.85. The second kappa shape index (κ2) is 7.99. The van der Waals surface area contributed by atoms with Gasteiger partial charge >= 0.3 is 5.97 Å². The maximum atomic E-state index is 14.1. The lowest BCUT2D eigenvalue weighted by atomic mass is 10.0. The molecule has 1 aliphatic heterocycles. The molecule has 4 rings (SSSR count). The number of hydrogen-bond donors (Lipinski definition) is 1. The Kier molecular flexibility index (Phi) is 5.36. The predicted octanol–water partition coefficient (Wildman–Crippen LogP) is 3.64. The number of rotatable bonds is 5. The van der Waals surface area contributed by atoms with Crippen molar-refractivity contribution in [3.63, 3.8) is 0 Å². The molecule has 2 heterocycles. The third-order valence-corrected chi connectivity index (χ3v) is 5.13. The van der Waals surface area contributed by atoms with Crippen LogP contribution in [0.2, 0.25) is 5.02 Å². The number of carboxylic acids is 1. The zero-order valence-electron chi connectivity index (χ0n) is 16.2. The molecule has 1 aromatic heterocycles. The second-order valence-electron chi connectivity index (χ2n) is 7.02. The Morgan fingerprint density at radius 2 is 2.03 bits per heavy atom. The Labute approximate surface area is 180 Å². The number of hydrogen-bond acceptors (Lipinski definition) is 4. The number of aliphatic carboxylic acids is 1. The fraction of sp³-hybridized carbons (Fsp3) is 0.190. The molecule has 2 aromatic carbocycles. The van der Waals surface area contributed by atoms with Crippen LogP contribution in [0.15, 0.2) is 36.4 Å². The van der Waals surface area contributed by atoms with Crippen molar-refractivity contribution >= 4 is 23.5 Å². The summed E-state index contributed by atoms with van der Waals surface area (Å²) in [5.74, 6) is -2.92. The third-order valence-electron chi connectivity index (χ3n) is 4.90. The van der Waals surface area contributed by atoms with Gasteiger partial charge in [0.2, 0.25) is 0 Å². The van der Waals surface area contributed by atoms with E-state index in [1.54, 1.807) is 25.2 Å². The van der Waals surface area contributed by atoms with Crippen LogP contribution in [0.1, 0.15) is 21.6 Å². The molecule has 160 valence electrons. The average molecular weight is 448 g/mol. The van der Waals surface area contributed by atoms with Gasteiger partial charge in [-0.05, 0) is 36.4 Å². The van der Waals surface area contributed by atoms with E-state index in [1.165, 1.54) is 4.68 Å². The summed E-state index contributed by atoms with van der Waals surface area (Å²) in [7, 11) is 1.64. The van der Waals surface area contributed by atoms with Crippen molar-refractivity contribution in [3.8, 4) is 17.0 Å². The van der Waals surface area contributed by atoms with Gasteiger partial charge in [-0.3, -0.25) is 14.3 Å². The quantitative estimate of drug-likeness (QED) is 0.645. The summed E-state index contributed by atoms with van der Waals surface area (Å²) in [5.41, 5.74) is 1.54. The molecule has 1 amide bonds. The van der Waals surface area contributed by atoms with Crippen LogP contribution in [0.5, 0.6) is 5.75 Å². The van der Waals surface area contributed by atoms with Crippen molar-refractivity contribution in [1.82, 2.24) is 14.7 Å². The zero-order chi connectivity index (χ0) is 22.3. The molecule has 0 saturated carbocycles. The molecule has 0 fully saturated rings. The minimum atomic E-state index is -1.30. The van der Waals surface area contributed by atoms with Crippen LogP contribution < -0.4 is 4.74 Å². The van der Waals surface area contributed by atoms with E-state index in [1.807, 2.05) is 0 Å². The van der Waals surface area contributed by atoms with E-state index in [0.717, 1.165) is 23.1 Å². The van der Waals surface area contributed by atoms with Crippen molar-refractivity contribution in [2.45, 2.75) is 13.2 Å². The van der Waals surface area contributed by atoms with Crippen LogP contribution in [-0.4, -0.2) is 38.2 Å². The minimum Gasteiger partial charge on any atom is -0.488 e. The number of carbonyl (C=O) groups is 2. The zero-order valence-corrected chi connectivity index (χ0v) is 17.0. The molecule has 1 aliphatic rings. The van der Waals surface area contributed by atoms with Gasteiger partial charge in [0.15, 0.2) is 5.69 Å². The Morgan fingerprint density at radius 1 is 1.26 bits per heavy atom. The maximum absolute atomic E-state index is 14.1. The first kappa shape index (κ1) is 20.8. The fourth-order valence-electron chi connectivity index (χ4n) is 3.56. The lowest BCUT2D eigenvalue weighted by molar-refractivity contribution is -0.137. The number of amides is 1. The first-order valence-corrected chi connectivity index (χ1v) is 9.56. The topological polar surface area (TPSA) is 84.7 Å². The molecule has 0 atom stereocenters. The number of carboxylic acid groups (broad SMARTS) is 1. The lowest BCUT2D eigenvalue weighted by Crippen LogP contribution is -2.36. The summed E-state index contributed by atoms with van der Waals surface area (Å²) >= 11 is 6.10. The van der Waals surface area contributed by atoms with E-state index < -0.39 is 36.6 Å². The van der Waals surface area contributed by atoms with Crippen LogP contribution in [0.4, 0.5) is 8.78 Å². The number of ether oxygens (including phenoxy) is 1. The van der Waals surface area contributed by atoms with Gasteiger partial charge in [0.05, 0.1) is 5.69 Å². The van der Waals surface area contributed by atoms with Crippen molar-refractivity contribution in [2.75, 3.05) is 6.54 Å². The van der Waals surface area contributed by atoms with Crippen molar-refractivity contribution < 1.29 is 28.2 Å². The van der Waals surface area contributed by atoms with E-state index in [4.69, 9.17) is 16.3 Å². The number of fused-ring (bicyclic) bond motifs is 3. The molecule has 0 aliphatic carbocycles. The predicted molar refractivity (Wildman–Crippen MR) is 107 cm³/mol. The van der Waals surface area contributed by atoms with Gasteiger partial charge in [0.1, 0.15) is 30.5 Å². The summed E-state index contributed by atoms with van der Waals surface area (Å²) in [5, 5.41) is 14.0. The molecule has 0 spiro atoms. The molecule has 31 heavy (non-hydrogen) atoms. The van der Waals surface area contributed by atoms with E-state index in [2.05, 4.69) is 5.10 Å². The molecule has 0 bridgehead atoms. The molecule has 3 aromatic rings. The van der Waals surface area contributed by atoms with E-state index >= 15 is 0 Å². The van der Waals surface area contributed by atoms with E-state index in [9.17, 15) is 23.5 Å². The summed E-state index contributed by atoms with van der Waals surface area (Å²) in [4.78, 5) is 25.5. The number of carbonyl (C=O) groups excluding carboxylic acids is 1. The molecule has 7 nitrogen and oxygen atoms in total. The highest BCUT2D eigenvalue weighted by molar-refractivity contribution is 6.31. The SMILES string of the molecule is Cn1nc(C(=O)N(CC(=O)O)Cc2cc(F)ccc2F)c2c1-c1cc(Cl)ccc1OC2. The molecule has 0 radical (unpaired) electrons. The molecular weight excluding hydrogens is 432 g/mol. The van der Waals surface area contributed by atoms with Crippen LogP contribution in [-0.2, 0) is 25.0 Å². The normalized spacial score (nSPS) is 12.0. The average Bonchev–Trinajstić information content (AvgIpc) is 3.06. The van der Waals surface area contributed by atoms with Gasteiger partial charge in [0, 0.05) is 35.3 Å². The highest BCUT2D eigenvalue weighted by atomic mass is 35.5. The Bertz CT molecular complexity index is 1210. The van der Waals surface area contributed by atoms with Crippen molar-refractivity contribution in [3.05, 3.63) is 69.9 Å². The van der Waals surface area contributed by atoms with Gasteiger partial charge in [-0.1, -0.05) is 11.6 Å². The first-order valence-electron chi connectivity index (χ1n) is 9.18. The van der Waals surface area contributed by atoms with Crippen LogP contribution in [0.3, 0.4) is 0 Å². The van der Waals surface area contributed by atoms with Crippen molar-refractivity contribution in [1.29, 1.82) is 0 Å². The minimum absolute atomic E-state index is 0.0267. The van der Waals surface area contributed by atoms with Gasteiger partial charge in [-0.15, -0.1) is 0 Å². The monoisotopic (exact) mass is 447 g/mol. The van der Waals surface area contributed by atoms with Gasteiger partial charge in [-0.25, -0.2) is 8.78 Å². The first-order chi connectivity index (χ1) is 14.7. The maximum Gasteiger partial charge on any atom is 0.323 e. The Morgan fingerprint density at radius 3 is 2.77 bits per heavy atom. The van der Waals surface area contributed by atoms with E-state index in [0.29, 0.717) is 27.6 Å². The number of halogens is 3. The smallest absolute Gasteiger partial charge is 0.323 e. The number of benzene rings is 2. The number of aromatic nitrogens is 2. The fourth-order valence-corrected chi connectivity index (χ4v) is 3.73. The standard InChI is InChI=1S/C21H16ClF2N3O4/c1-26-20-14-7-12(22)2-5-17(14)31-10-15(20)19(25-26)21(30)27(9-18(28)29)8-11-6-13(23)3-4-16(11)24/h2-7H,8-10H2,1H3,(H,28,29). The van der Waals surface area contributed by atoms with Crippen molar-refractivity contribution in [2.24, 2.45) is 7.05 Å². The summed E-state index contributed by atoms with van der Waals surface area (Å²) in [6.45, 7) is -1.12. The highest BCUT2D eigenvalue weighted by Crippen LogP contribution is 2.40. The number of aryl methyl sites for hydroxylation is 1. The number of nitrogens with zero attached hydrogens (tertiary/aromatic N) is 3. The second-order valence-corrected chi connectivity index (χ2v) is 7.46. The van der Waals surface area contributed by atoms with E-state index in [-0.39, 0.29) is 17.9 Å². The highest BCUT2D eigenvalue weighted by Gasteiger charge is 2.31. The van der Waals surface area contributed by atoms with Gasteiger partial charge < -0.3 is 14.7 Å². The molecule has 0 unspecified atom stereocenters. The van der Waals surface area contributed by atoms with Crippen LogP contribution >= 0.6 is 11.6 Å². The summed E-state index contributed by atoms with van der Waals surface area (Å²) < 4.78 is 34.9. The van der Waals surface area contributed by atoms with Crippen LogP contribution in [0.25, 0.3) is 11.3 Å².